The molecule has 632 valence electrons. The minimum Gasteiger partial charge on any atom is -0.360 e. The van der Waals surface area contributed by atoms with Crippen LogP contribution in [0.5, 0.6) is 0 Å². The van der Waals surface area contributed by atoms with E-state index >= 15 is 27.6 Å². The van der Waals surface area contributed by atoms with Gasteiger partial charge in [-0.25, -0.2) is 55.4 Å². The van der Waals surface area contributed by atoms with Crippen LogP contribution in [0.25, 0.3) is 50.9 Å². The molecule has 12 amide bonds. The topological polar surface area (TPSA) is 331 Å². The van der Waals surface area contributed by atoms with Gasteiger partial charge in [0, 0.05) is 83.1 Å². The largest absolute Gasteiger partial charge is 0.574 e. The first-order chi connectivity index (χ1) is 58.1. The zero-order chi connectivity index (χ0) is 85.8. The van der Waals surface area contributed by atoms with Gasteiger partial charge in [0.2, 0.25) is 17.7 Å². The van der Waals surface area contributed by atoms with Crippen molar-refractivity contribution in [3.05, 3.63) is 227 Å². The van der Waals surface area contributed by atoms with Gasteiger partial charge in [0.25, 0.3) is 17.7 Å². The lowest BCUT2D eigenvalue weighted by Gasteiger charge is -2.55. The summed E-state index contributed by atoms with van der Waals surface area (Å²) in [6.45, 7) is 5.42. The third-order valence-electron chi connectivity index (χ3n) is 26.8. The maximum Gasteiger partial charge on any atom is 0.574 e. The third kappa shape index (κ3) is 14.3. The van der Waals surface area contributed by atoms with Crippen LogP contribution in [-0.4, -0.2) is 122 Å². The maximum atomic E-state index is 15.3. The molecule has 6 aromatic carbocycles. The van der Waals surface area contributed by atoms with Gasteiger partial charge in [0.05, 0.1) is 16.6 Å². The molecule has 0 spiro atoms. The van der Waals surface area contributed by atoms with E-state index in [4.69, 9.17) is 48.4 Å². The number of aryl methyl sites for hydroxylation is 3. The van der Waals surface area contributed by atoms with Crippen molar-refractivity contribution in [3.63, 3.8) is 0 Å². The summed E-state index contributed by atoms with van der Waals surface area (Å²) in [6.07, 6.45) is 12.2. The number of halogens is 9. The second kappa shape index (κ2) is 30.3. The van der Waals surface area contributed by atoms with Gasteiger partial charge in [-0.3, -0.25) is 28.8 Å². The number of hydrogen-bond acceptors (Lipinski definition) is 13. The van der Waals surface area contributed by atoms with Crippen LogP contribution in [0.4, 0.5) is 40.7 Å². The van der Waals surface area contributed by atoms with Crippen LogP contribution in [0.1, 0.15) is 184 Å². The molecule has 3 atom stereocenters. The lowest BCUT2D eigenvalue weighted by atomic mass is 9.63. The van der Waals surface area contributed by atoms with Gasteiger partial charge in [-0.1, -0.05) is 71.2 Å². The van der Waals surface area contributed by atoms with Gasteiger partial charge in [-0.15, -0.1) is 13.6 Å². The summed E-state index contributed by atoms with van der Waals surface area (Å²) in [4.78, 5) is 157. The highest BCUT2D eigenvalue weighted by molar-refractivity contribution is 7.55. The second-order valence-corrected chi connectivity index (χ2v) is 36.5. The molecule has 6 heterocycles. The van der Waals surface area contributed by atoms with Crippen molar-refractivity contribution in [1.82, 2.24) is 61.6 Å². The van der Waals surface area contributed by atoms with E-state index in [1.807, 2.05) is 0 Å². The molecule has 3 saturated heterocycles. The number of urea groups is 3. The fraction of sp³-hybridized carbons (Fsp3) is 0.345. The number of H-pyrrole nitrogens is 3. The molecule has 12 fully saturated rings. The standard InChI is InChI=1S/C87H78Cl3F6N12O13P/c1-43-55(88)10-7-52-49(40-97-67(43)52)37-64-76(112)106(79(115)100-64)70(46-4-13-58(91)61(94)34-46)73(109)103-82-16-25-85(26-17-82,27-18-82)119-122(118,120-86-28-19-83(20-29-86,21-30-86)104-74(110)71(47-5-14-59(92)62(95)35-47)107-77(113)65(101-80(107)116)38-50-41-98-68-44(2)56(89)11-8-53(50)68)121-87-31-22-84(23-32-87,24-33-87)105-75(111)72(48-6-15-60(93)63(96)36-48)108-78(114)66(102-81(108)117)39-51-42-99-69-45(3)57(90)12-9-54(51)69/h4-15,34-42,70-72,118H,16-33H2,1-3H3,(H8-,97,98,99,100,101,102,103,104,105,109,110,111,112,113,114,115,116,117)/p+1. The summed E-state index contributed by atoms with van der Waals surface area (Å²) < 4.78 is 112. The number of hydrogen-bond donors (Lipinski definition) is 10. The first kappa shape index (κ1) is 82.1. The number of nitrogens with one attached hydrogen (secondary N) is 9. The number of amides is 12. The van der Waals surface area contributed by atoms with Crippen molar-refractivity contribution in [1.29, 1.82) is 0 Å². The average Bonchev–Trinajstić information content (AvgIpc) is 0.759. The highest BCUT2D eigenvalue weighted by atomic mass is 35.5. The minimum atomic E-state index is -4.68. The van der Waals surface area contributed by atoms with Crippen molar-refractivity contribution < 1.29 is 88.0 Å². The lowest BCUT2D eigenvalue weighted by molar-refractivity contribution is -0.160. The normalized spacial score (nSPS) is 26.6. The van der Waals surface area contributed by atoms with E-state index in [1.165, 1.54) is 18.2 Å². The number of nitrogens with zero attached hydrogens (tertiary/aromatic N) is 3. The van der Waals surface area contributed by atoms with E-state index in [2.05, 4.69) is 46.9 Å². The quantitative estimate of drug-likeness (QED) is 0.0139. The summed E-state index contributed by atoms with van der Waals surface area (Å²) in [6, 6.07) is 9.69. The van der Waals surface area contributed by atoms with Crippen LogP contribution in [0.15, 0.2) is 127 Å². The van der Waals surface area contributed by atoms with E-state index in [0.717, 1.165) is 71.3 Å². The molecule has 10 N–H and O–H groups in total. The first-order valence-corrected chi connectivity index (χ1v) is 42.6. The number of benzene rings is 6. The second-order valence-electron chi connectivity index (χ2n) is 33.8. The summed E-state index contributed by atoms with van der Waals surface area (Å²) >= 11 is 19.2. The van der Waals surface area contributed by atoms with Crippen molar-refractivity contribution in [2.45, 2.75) is 188 Å². The maximum absolute atomic E-state index is 15.3. The summed E-state index contributed by atoms with van der Waals surface area (Å²) in [7, 11) is -4.68. The molecule has 122 heavy (non-hydrogen) atoms. The van der Waals surface area contributed by atoms with Crippen LogP contribution in [0, 0.1) is 55.7 Å². The SMILES string of the molecule is Cc1c(Cl)ccc2c(/C=C3\NC(=O)N(C(C(=O)NC45CCC(O[P+](O)(OC67CCC(NC(=O)C(c8ccc(F)c(F)c8)N8C(=O)N/C(=C\c9c[nH]c%10c(C)c(Cl)ccc9%10)C8=O)(CC6)CC7)OC67CCC(NC(=O)C(c8ccc(F)c(F)c8)N8C(=O)N/C(=C\c9c[nH]c%10c(C)c(Cl)ccc9%10)C8=O)(CC6)CC7)(CC4)CC5)c4ccc(F)c(F)c4)C3=O)c[nH]c12. The van der Waals surface area contributed by atoms with Crippen LogP contribution in [0.2, 0.25) is 15.1 Å². The molecule has 21 rings (SSSR count). The zero-order valence-electron chi connectivity index (χ0n) is 65.6. The van der Waals surface area contributed by atoms with Gasteiger partial charge >= 0.3 is 26.3 Å². The molecule has 6 bridgehead atoms. The summed E-state index contributed by atoms with van der Waals surface area (Å²) in [5.74, 6) is -13.2. The Morgan fingerprint density at radius 1 is 0.393 bits per heavy atom. The first-order valence-electron chi connectivity index (χ1n) is 40.0. The minimum absolute atomic E-state index is 0.158. The van der Waals surface area contributed by atoms with Gasteiger partial charge in [-0.2, -0.15) is 4.89 Å². The van der Waals surface area contributed by atoms with E-state index in [0.29, 0.717) is 79.2 Å². The Kier molecular flexibility index (Phi) is 20.4. The van der Waals surface area contributed by atoms with Crippen molar-refractivity contribution in [2.75, 3.05) is 0 Å². The Morgan fingerprint density at radius 3 is 0.877 bits per heavy atom. The Hall–Kier alpha value is -10.9. The van der Waals surface area contributed by atoms with Gasteiger partial charge in [0.1, 0.15) is 52.0 Å². The number of imide groups is 3. The molecule has 35 heteroatoms. The number of carbonyl (C=O) groups excluding carboxylic acids is 9. The number of aromatic amines is 3. The van der Waals surface area contributed by atoms with Crippen molar-refractivity contribution in [2.24, 2.45) is 0 Å². The number of aromatic nitrogens is 3. The van der Waals surface area contributed by atoms with Gasteiger partial charge in [0.15, 0.2) is 34.9 Å². The zero-order valence-corrected chi connectivity index (χ0v) is 68.8. The van der Waals surface area contributed by atoms with Crippen LogP contribution >= 0.6 is 43.0 Å². The summed E-state index contributed by atoms with van der Waals surface area (Å²) in [5, 5.41) is 20.5. The molecule has 0 radical (unpaired) electrons. The predicted molar refractivity (Wildman–Crippen MR) is 438 cm³/mol. The summed E-state index contributed by atoms with van der Waals surface area (Å²) in [5.41, 5.74) is -2.35. The Balaban J connectivity index is 0.609. The predicted octanol–water partition coefficient (Wildman–Crippen LogP) is 16.8. The fourth-order valence-corrected chi connectivity index (χ4v) is 22.6. The Morgan fingerprint density at radius 2 is 0.639 bits per heavy atom. The highest BCUT2D eigenvalue weighted by Gasteiger charge is 2.69. The molecular weight excluding hydrogens is 1670 g/mol. The highest BCUT2D eigenvalue weighted by Crippen LogP contribution is 2.73. The molecule has 9 aliphatic carbocycles. The van der Waals surface area contributed by atoms with E-state index in [-0.39, 0.29) is 149 Å². The molecule has 9 saturated carbocycles. The van der Waals surface area contributed by atoms with Crippen molar-refractivity contribution >= 4 is 147 Å². The number of rotatable bonds is 21. The van der Waals surface area contributed by atoms with E-state index in [9.17, 15) is 46.8 Å². The molecule has 3 unspecified atom stereocenters. The monoisotopic (exact) mass is 1750 g/mol. The van der Waals surface area contributed by atoms with Gasteiger partial charge in [-0.05, 0) is 243 Å². The number of carbonyl (C=O) groups is 9. The molecular formula is C87H79Cl3F6N12O13P+. The van der Waals surface area contributed by atoms with E-state index < -0.39 is 148 Å². The average molecular weight is 1750 g/mol. The van der Waals surface area contributed by atoms with E-state index in [1.54, 1.807) is 75.8 Å². The van der Waals surface area contributed by atoms with Crippen LogP contribution in [-0.2, 0) is 42.3 Å². The molecule has 12 aliphatic rings. The molecule has 9 aromatic rings. The third-order valence-corrected chi connectivity index (χ3v) is 29.9. The molecule has 3 aromatic heterocycles. The molecule has 3 aliphatic heterocycles. The number of fused-ring (bicyclic) bond motifs is 12. The Bertz CT molecular complexity index is 5520. The van der Waals surface area contributed by atoms with Crippen LogP contribution in [0.3, 0.4) is 0 Å². The molecule has 25 nitrogen and oxygen atoms in total. The Labute approximate surface area is 707 Å². The van der Waals surface area contributed by atoms with Gasteiger partial charge < -0.3 is 46.9 Å². The van der Waals surface area contributed by atoms with Crippen LogP contribution < -0.4 is 31.9 Å². The lowest BCUT2D eigenvalue weighted by Crippen LogP contribution is -2.63. The van der Waals surface area contributed by atoms with Crippen molar-refractivity contribution in [3.8, 4) is 0 Å². The fourth-order valence-electron chi connectivity index (χ4n) is 19.7. The smallest absolute Gasteiger partial charge is 0.360 e.